The predicted octanol–water partition coefficient (Wildman–Crippen LogP) is 3.89. The van der Waals surface area contributed by atoms with Crippen molar-refractivity contribution >= 4 is 17.7 Å². The van der Waals surface area contributed by atoms with Crippen LogP contribution in [0.4, 0.5) is 14.9 Å². The summed E-state index contributed by atoms with van der Waals surface area (Å²) in [4.78, 5) is 23.7. The number of hydrogen-bond donors (Lipinski definition) is 2. The Hall–Kier alpha value is -2.89. The SMILES string of the molecule is CCOC(=O)Nc1cccc(C(=O)N[C@@H](C)c2ccc(F)cc2)c1. The highest BCUT2D eigenvalue weighted by Gasteiger charge is 2.12. The maximum atomic E-state index is 12.9. The standard InChI is InChI=1S/C18H19FN2O3/c1-3-24-18(23)21-16-6-4-5-14(11-16)17(22)20-12(2)13-7-9-15(19)10-8-13/h4-12H,3H2,1-2H3,(H,20,22)(H,21,23)/t12-/m0/s1. The van der Waals surface area contributed by atoms with Crippen LogP contribution in [0, 0.1) is 5.82 Å². The van der Waals surface area contributed by atoms with Crippen LogP contribution in [0.15, 0.2) is 48.5 Å². The molecule has 5 nitrogen and oxygen atoms in total. The first-order valence-electron chi connectivity index (χ1n) is 7.59. The number of carbonyl (C=O) groups excluding carboxylic acids is 2. The summed E-state index contributed by atoms with van der Waals surface area (Å²) in [6, 6.07) is 12.2. The smallest absolute Gasteiger partial charge is 0.411 e. The minimum absolute atomic E-state index is 0.265. The van der Waals surface area contributed by atoms with Crippen LogP contribution in [0.2, 0.25) is 0 Å². The van der Waals surface area contributed by atoms with Gasteiger partial charge in [0.2, 0.25) is 0 Å². The molecule has 2 rings (SSSR count). The quantitative estimate of drug-likeness (QED) is 0.874. The van der Waals surface area contributed by atoms with Gasteiger partial charge in [0, 0.05) is 11.3 Å². The number of amides is 2. The highest BCUT2D eigenvalue weighted by atomic mass is 19.1. The normalized spacial score (nSPS) is 11.5. The molecule has 2 aromatic carbocycles. The molecule has 0 radical (unpaired) electrons. The third kappa shape index (κ3) is 4.81. The van der Waals surface area contributed by atoms with Crippen molar-refractivity contribution in [2.45, 2.75) is 19.9 Å². The van der Waals surface area contributed by atoms with Gasteiger partial charge in [-0.15, -0.1) is 0 Å². The monoisotopic (exact) mass is 330 g/mol. The molecule has 2 amide bonds. The van der Waals surface area contributed by atoms with E-state index in [2.05, 4.69) is 10.6 Å². The minimum atomic E-state index is -0.574. The van der Waals surface area contributed by atoms with Gasteiger partial charge in [-0.1, -0.05) is 18.2 Å². The molecule has 0 unspecified atom stereocenters. The van der Waals surface area contributed by atoms with Crippen LogP contribution in [0.3, 0.4) is 0 Å². The molecule has 0 aliphatic heterocycles. The maximum absolute atomic E-state index is 12.9. The van der Waals surface area contributed by atoms with E-state index in [4.69, 9.17) is 4.74 Å². The Bertz CT molecular complexity index is 716. The van der Waals surface area contributed by atoms with Crippen molar-refractivity contribution in [3.05, 3.63) is 65.5 Å². The Kier molecular flexibility index (Phi) is 5.89. The first kappa shape index (κ1) is 17.5. The second kappa shape index (κ2) is 8.10. The average molecular weight is 330 g/mol. The van der Waals surface area contributed by atoms with E-state index in [1.807, 2.05) is 6.92 Å². The van der Waals surface area contributed by atoms with Gasteiger partial charge >= 0.3 is 6.09 Å². The van der Waals surface area contributed by atoms with Crippen LogP contribution in [0.25, 0.3) is 0 Å². The molecular formula is C18H19FN2O3. The second-order valence-corrected chi connectivity index (χ2v) is 5.17. The van der Waals surface area contributed by atoms with E-state index in [1.165, 1.54) is 12.1 Å². The van der Waals surface area contributed by atoms with Crippen molar-refractivity contribution < 1.29 is 18.7 Å². The number of carbonyl (C=O) groups is 2. The van der Waals surface area contributed by atoms with Crippen molar-refractivity contribution in [2.75, 3.05) is 11.9 Å². The van der Waals surface area contributed by atoms with Crippen LogP contribution in [0.5, 0.6) is 0 Å². The summed E-state index contributed by atoms with van der Waals surface area (Å²) in [5.74, 6) is -0.616. The van der Waals surface area contributed by atoms with E-state index in [-0.39, 0.29) is 24.4 Å². The average Bonchev–Trinajstić information content (AvgIpc) is 2.55. The van der Waals surface area contributed by atoms with Gasteiger partial charge in [-0.3, -0.25) is 10.1 Å². The zero-order valence-corrected chi connectivity index (χ0v) is 13.5. The minimum Gasteiger partial charge on any atom is -0.450 e. The molecule has 0 aromatic heterocycles. The Morgan fingerprint density at radius 3 is 2.54 bits per heavy atom. The predicted molar refractivity (Wildman–Crippen MR) is 89.4 cm³/mol. The van der Waals surface area contributed by atoms with E-state index in [0.717, 1.165) is 5.56 Å². The van der Waals surface area contributed by atoms with Crippen LogP contribution in [-0.4, -0.2) is 18.6 Å². The summed E-state index contributed by atoms with van der Waals surface area (Å²) >= 11 is 0. The molecule has 126 valence electrons. The number of hydrogen-bond acceptors (Lipinski definition) is 3. The van der Waals surface area contributed by atoms with Crippen LogP contribution in [0.1, 0.15) is 35.8 Å². The summed E-state index contributed by atoms with van der Waals surface area (Å²) in [5.41, 5.74) is 1.67. The number of halogens is 1. The van der Waals surface area contributed by atoms with Gasteiger partial charge in [0.1, 0.15) is 5.82 Å². The van der Waals surface area contributed by atoms with E-state index in [0.29, 0.717) is 11.3 Å². The molecule has 0 spiro atoms. The van der Waals surface area contributed by atoms with Gasteiger partial charge in [-0.05, 0) is 49.7 Å². The molecule has 0 aliphatic carbocycles. The Balaban J connectivity index is 2.04. The Morgan fingerprint density at radius 1 is 1.17 bits per heavy atom. The maximum Gasteiger partial charge on any atom is 0.411 e. The first-order valence-corrected chi connectivity index (χ1v) is 7.59. The van der Waals surface area contributed by atoms with Gasteiger partial charge in [0.05, 0.1) is 12.6 Å². The fraction of sp³-hybridized carbons (Fsp3) is 0.222. The van der Waals surface area contributed by atoms with Crippen molar-refractivity contribution in [3.8, 4) is 0 Å². The molecule has 0 saturated carbocycles. The van der Waals surface area contributed by atoms with Gasteiger partial charge in [0.25, 0.3) is 5.91 Å². The Labute approximate surface area is 139 Å². The van der Waals surface area contributed by atoms with Crippen molar-refractivity contribution in [2.24, 2.45) is 0 Å². The number of ether oxygens (including phenoxy) is 1. The van der Waals surface area contributed by atoms with E-state index >= 15 is 0 Å². The third-order valence-corrected chi connectivity index (χ3v) is 3.36. The third-order valence-electron chi connectivity index (χ3n) is 3.36. The zero-order valence-electron chi connectivity index (χ0n) is 13.5. The lowest BCUT2D eigenvalue weighted by molar-refractivity contribution is 0.0939. The molecule has 24 heavy (non-hydrogen) atoms. The fourth-order valence-electron chi connectivity index (χ4n) is 2.14. The molecule has 0 bridgehead atoms. The first-order chi connectivity index (χ1) is 11.5. The van der Waals surface area contributed by atoms with Gasteiger partial charge in [-0.2, -0.15) is 0 Å². The summed E-state index contributed by atoms with van der Waals surface area (Å²) in [6.45, 7) is 3.79. The number of nitrogens with one attached hydrogen (secondary N) is 2. The van der Waals surface area contributed by atoms with E-state index < -0.39 is 6.09 Å². The van der Waals surface area contributed by atoms with Gasteiger partial charge in [-0.25, -0.2) is 9.18 Å². The van der Waals surface area contributed by atoms with Crippen molar-refractivity contribution in [1.29, 1.82) is 0 Å². The molecule has 0 saturated heterocycles. The van der Waals surface area contributed by atoms with Gasteiger partial charge < -0.3 is 10.1 Å². The highest BCUT2D eigenvalue weighted by molar-refractivity contribution is 5.96. The lowest BCUT2D eigenvalue weighted by Crippen LogP contribution is -2.26. The number of anilines is 1. The number of benzene rings is 2. The van der Waals surface area contributed by atoms with Crippen molar-refractivity contribution in [1.82, 2.24) is 5.32 Å². The molecule has 0 heterocycles. The summed E-state index contributed by atoms with van der Waals surface area (Å²) in [5, 5.41) is 5.38. The molecule has 0 fully saturated rings. The molecule has 2 N–H and O–H groups in total. The summed E-state index contributed by atoms with van der Waals surface area (Å²) in [7, 11) is 0. The molecule has 2 aromatic rings. The summed E-state index contributed by atoms with van der Waals surface area (Å²) < 4.78 is 17.7. The molecule has 6 heteroatoms. The Morgan fingerprint density at radius 2 is 1.88 bits per heavy atom. The van der Waals surface area contributed by atoms with E-state index in [9.17, 15) is 14.0 Å². The topological polar surface area (TPSA) is 67.4 Å². The van der Waals surface area contributed by atoms with Crippen LogP contribution in [-0.2, 0) is 4.74 Å². The molecule has 1 atom stereocenters. The second-order valence-electron chi connectivity index (χ2n) is 5.17. The van der Waals surface area contributed by atoms with Crippen LogP contribution >= 0.6 is 0 Å². The number of rotatable bonds is 5. The highest BCUT2D eigenvalue weighted by Crippen LogP contribution is 2.15. The van der Waals surface area contributed by atoms with Crippen molar-refractivity contribution in [3.63, 3.8) is 0 Å². The largest absolute Gasteiger partial charge is 0.450 e. The molecular weight excluding hydrogens is 311 g/mol. The molecule has 0 aliphatic rings. The van der Waals surface area contributed by atoms with E-state index in [1.54, 1.807) is 43.3 Å². The summed E-state index contributed by atoms with van der Waals surface area (Å²) in [6.07, 6.45) is -0.574. The fourth-order valence-corrected chi connectivity index (χ4v) is 2.14. The lowest BCUT2D eigenvalue weighted by atomic mass is 10.1. The lowest BCUT2D eigenvalue weighted by Gasteiger charge is -2.15. The van der Waals surface area contributed by atoms with Crippen LogP contribution < -0.4 is 10.6 Å². The van der Waals surface area contributed by atoms with Gasteiger partial charge in [0.15, 0.2) is 0 Å². The zero-order chi connectivity index (χ0) is 17.5.